The molecule has 3 N–H and O–H groups in total. The SMILES string of the molecule is Cc1cc(F)ccc1NC(=O)c1cc2c(CO)cnc(C)c2oc1=N. The van der Waals surface area contributed by atoms with Crippen molar-refractivity contribution in [2.45, 2.75) is 20.5 Å². The Morgan fingerprint density at radius 2 is 2.12 bits per heavy atom. The highest BCUT2D eigenvalue weighted by Gasteiger charge is 2.16. The highest BCUT2D eigenvalue weighted by Crippen LogP contribution is 2.21. The lowest BCUT2D eigenvalue weighted by atomic mass is 10.1. The van der Waals surface area contributed by atoms with Gasteiger partial charge in [0, 0.05) is 22.8 Å². The lowest BCUT2D eigenvalue weighted by molar-refractivity contribution is 0.102. The first-order valence-electron chi connectivity index (χ1n) is 7.56. The van der Waals surface area contributed by atoms with Gasteiger partial charge >= 0.3 is 0 Å². The summed E-state index contributed by atoms with van der Waals surface area (Å²) < 4.78 is 18.6. The molecule has 0 saturated carbocycles. The smallest absolute Gasteiger partial charge is 0.261 e. The van der Waals surface area contributed by atoms with E-state index in [9.17, 15) is 14.3 Å². The molecule has 25 heavy (non-hydrogen) atoms. The van der Waals surface area contributed by atoms with Gasteiger partial charge < -0.3 is 14.8 Å². The fraction of sp³-hybridized carbons (Fsp3) is 0.167. The van der Waals surface area contributed by atoms with Gasteiger partial charge in [0.15, 0.2) is 5.58 Å². The first-order valence-corrected chi connectivity index (χ1v) is 7.56. The molecule has 0 bridgehead atoms. The summed E-state index contributed by atoms with van der Waals surface area (Å²) >= 11 is 0. The van der Waals surface area contributed by atoms with Crippen molar-refractivity contribution < 1.29 is 18.7 Å². The lowest BCUT2D eigenvalue weighted by Crippen LogP contribution is -2.21. The van der Waals surface area contributed by atoms with Crippen LogP contribution in [0.1, 0.15) is 27.2 Å². The number of carbonyl (C=O) groups is 1. The van der Waals surface area contributed by atoms with Crippen LogP contribution in [0.5, 0.6) is 0 Å². The molecular weight excluding hydrogens is 325 g/mol. The van der Waals surface area contributed by atoms with E-state index in [4.69, 9.17) is 9.83 Å². The molecule has 0 saturated heterocycles. The van der Waals surface area contributed by atoms with Gasteiger partial charge in [-0.25, -0.2) is 4.39 Å². The van der Waals surface area contributed by atoms with Crippen LogP contribution < -0.4 is 10.9 Å². The Balaban J connectivity index is 2.07. The number of pyridine rings is 1. The predicted octanol–water partition coefficient (Wildman–Crippen LogP) is 2.81. The Morgan fingerprint density at radius 1 is 1.36 bits per heavy atom. The molecule has 3 rings (SSSR count). The van der Waals surface area contributed by atoms with Crippen LogP contribution >= 0.6 is 0 Å². The van der Waals surface area contributed by atoms with Crippen LogP contribution in [-0.2, 0) is 6.61 Å². The first kappa shape index (κ1) is 16.8. The summed E-state index contributed by atoms with van der Waals surface area (Å²) in [6.45, 7) is 3.12. The molecule has 0 spiro atoms. The fourth-order valence-corrected chi connectivity index (χ4v) is 2.55. The number of aliphatic hydroxyl groups is 1. The van der Waals surface area contributed by atoms with E-state index in [1.807, 2.05) is 0 Å². The summed E-state index contributed by atoms with van der Waals surface area (Å²) in [7, 11) is 0. The third-order valence-corrected chi connectivity index (χ3v) is 3.92. The zero-order valence-electron chi connectivity index (χ0n) is 13.7. The van der Waals surface area contributed by atoms with Crippen LogP contribution in [0.15, 0.2) is 34.9 Å². The van der Waals surface area contributed by atoms with Crippen LogP contribution in [-0.4, -0.2) is 16.0 Å². The van der Waals surface area contributed by atoms with Crippen molar-refractivity contribution >= 4 is 22.6 Å². The number of aromatic nitrogens is 1. The molecule has 1 aromatic carbocycles. The number of nitrogens with one attached hydrogen (secondary N) is 2. The average Bonchev–Trinajstić information content (AvgIpc) is 2.57. The normalized spacial score (nSPS) is 10.9. The Hall–Kier alpha value is -3.06. The Morgan fingerprint density at radius 3 is 2.80 bits per heavy atom. The zero-order valence-corrected chi connectivity index (χ0v) is 13.7. The number of fused-ring (bicyclic) bond motifs is 1. The molecule has 0 aliphatic rings. The Kier molecular flexibility index (Phi) is 4.33. The van der Waals surface area contributed by atoms with Gasteiger partial charge in [-0.15, -0.1) is 0 Å². The lowest BCUT2D eigenvalue weighted by Gasteiger charge is -2.10. The number of halogens is 1. The Bertz CT molecular complexity index is 1040. The van der Waals surface area contributed by atoms with Gasteiger partial charge in [-0.05, 0) is 43.7 Å². The maximum atomic E-state index is 13.2. The van der Waals surface area contributed by atoms with E-state index in [1.54, 1.807) is 13.8 Å². The second-order valence-electron chi connectivity index (χ2n) is 5.67. The molecule has 1 amide bonds. The molecule has 2 heterocycles. The number of aryl methyl sites for hydroxylation is 2. The molecule has 0 fully saturated rings. The van der Waals surface area contributed by atoms with Crippen molar-refractivity contribution in [2.75, 3.05) is 5.32 Å². The minimum absolute atomic E-state index is 0.0107. The van der Waals surface area contributed by atoms with E-state index in [-0.39, 0.29) is 17.7 Å². The maximum absolute atomic E-state index is 13.2. The third-order valence-electron chi connectivity index (χ3n) is 3.92. The molecule has 0 aliphatic heterocycles. The average molecular weight is 341 g/mol. The number of aliphatic hydroxyl groups excluding tert-OH is 1. The summed E-state index contributed by atoms with van der Waals surface area (Å²) in [4.78, 5) is 16.6. The zero-order chi connectivity index (χ0) is 18.1. The molecule has 0 aliphatic carbocycles. The van der Waals surface area contributed by atoms with Crippen molar-refractivity contribution in [1.82, 2.24) is 4.98 Å². The molecule has 6 nitrogen and oxygen atoms in total. The molecule has 0 unspecified atom stereocenters. The van der Waals surface area contributed by atoms with E-state index in [2.05, 4.69) is 10.3 Å². The quantitative estimate of drug-likeness (QED) is 0.682. The molecule has 3 aromatic rings. The number of benzene rings is 1. The van der Waals surface area contributed by atoms with Gasteiger partial charge in [0.2, 0.25) is 5.55 Å². The highest BCUT2D eigenvalue weighted by atomic mass is 19.1. The van der Waals surface area contributed by atoms with Gasteiger partial charge in [0.1, 0.15) is 11.4 Å². The first-order chi connectivity index (χ1) is 11.9. The molecule has 0 atom stereocenters. The van der Waals surface area contributed by atoms with Gasteiger partial charge in [-0.3, -0.25) is 15.2 Å². The minimum atomic E-state index is -0.552. The van der Waals surface area contributed by atoms with Gasteiger partial charge in [-0.2, -0.15) is 0 Å². The number of hydrogen-bond donors (Lipinski definition) is 3. The van der Waals surface area contributed by atoms with Gasteiger partial charge in [-0.1, -0.05) is 0 Å². The summed E-state index contributed by atoms with van der Waals surface area (Å²) in [6.07, 6.45) is 1.50. The van der Waals surface area contributed by atoms with E-state index < -0.39 is 11.7 Å². The third kappa shape index (κ3) is 3.14. The van der Waals surface area contributed by atoms with E-state index in [0.29, 0.717) is 33.5 Å². The summed E-state index contributed by atoms with van der Waals surface area (Å²) in [5.41, 5.74) is 2.11. The van der Waals surface area contributed by atoms with Crippen LogP contribution in [0.2, 0.25) is 0 Å². The van der Waals surface area contributed by atoms with Crippen LogP contribution in [0, 0.1) is 25.1 Å². The fourth-order valence-electron chi connectivity index (χ4n) is 2.55. The summed E-state index contributed by atoms with van der Waals surface area (Å²) in [6, 6.07) is 5.50. The number of amides is 1. The molecular formula is C18H16FN3O3. The van der Waals surface area contributed by atoms with Crippen LogP contribution in [0.25, 0.3) is 11.0 Å². The highest BCUT2D eigenvalue weighted by molar-refractivity contribution is 6.05. The molecule has 128 valence electrons. The second-order valence-corrected chi connectivity index (χ2v) is 5.67. The van der Waals surface area contributed by atoms with Crippen LogP contribution in [0.4, 0.5) is 10.1 Å². The number of hydrogen-bond acceptors (Lipinski definition) is 5. The predicted molar refractivity (Wildman–Crippen MR) is 89.6 cm³/mol. The van der Waals surface area contributed by atoms with Crippen molar-refractivity contribution in [2.24, 2.45) is 0 Å². The molecule has 0 radical (unpaired) electrons. The van der Waals surface area contributed by atoms with Crippen molar-refractivity contribution in [3.63, 3.8) is 0 Å². The number of carbonyl (C=O) groups excluding carboxylic acids is 1. The van der Waals surface area contributed by atoms with E-state index in [0.717, 1.165) is 0 Å². The maximum Gasteiger partial charge on any atom is 0.261 e. The van der Waals surface area contributed by atoms with Crippen LogP contribution in [0.3, 0.4) is 0 Å². The number of anilines is 1. The molecule has 7 heteroatoms. The van der Waals surface area contributed by atoms with Crippen molar-refractivity contribution in [1.29, 1.82) is 5.41 Å². The monoisotopic (exact) mass is 341 g/mol. The van der Waals surface area contributed by atoms with E-state index >= 15 is 0 Å². The Labute approximate surface area is 142 Å². The summed E-state index contributed by atoms with van der Waals surface area (Å²) in [5, 5.41) is 20.6. The van der Waals surface area contributed by atoms with Crippen molar-refractivity contribution in [3.05, 3.63) is 64.2 Å². The largest absolute Gasteiger partial charge is 0.436 e. The van der Waals surface area contributed by atoms with Gasteiger partial charge in [0.25, 0.3) is 5.91 Å². The standard InChI is InChI=1S/C18H16FN3O3/c1-9-5-12(19)3-4-15(9)22-18(24)14-6-13-11(8-23)7-21-10(2)16(13)25-17(14)20/h3-7,20,23H,8H2,1-2H3,(H,22,24). The topological polar surface area (TPSA) is 99.2 Å². The van der Waals surface area contributed by atoms with Gasteiger partial charge in [0.05, 0.1) is 12.3 Å². The minimum Gasteiger partial charge on any atom is -0.436 e. The second kappa shape index (κ2) is 6.45. The molecule has 2 aromatic heterocycles. The van der Waals surface area contributed by atoms with E-state index in [1.165, 1.54) is 30.5 Å². The number of nitrogens with zero attached hydrogens (tertiary/aromatic N) is 1. The summed E-state index contributed by atoms with van der Waals surface area (Å²) in [5.74, 6) is -0.948. The van der Waals surface area contributed by atoms with Crippen molar-refractivity contribution in [3.8, 4) is 0 Å². The number of rotatable bonds is 3.